The van der Waals surface area contributed by atoms with Gasteiger partial charge in [-0.15, -0.1) is 0 Å². The molecule has 0 aromatic carbocycles. The van der Waals surface area contributed by atoms with Crippen LogP contribution in [-0.4, -0.2) is 44.3 Å². The van der Waals surface area contributed by atoms with Crippen LogP contribution in [0.2, 0.25) is 0 Å². The largest absolute Gasteiger partial charge is 0.480 e. The Morgan fingerprint density at radius 2 is 0.962 bits per heavy atom. The van der Waals surface area contributed by atoms with E-state index in [2.05, 4.69) is 0 Å². The molecule has 1 rings (SSSR count). The summed E-state index contributed by atoms with van der Waals surface area (Å²) in [6.07, 6.45) is 0.939. The summed E-state index contributed by atoms with van der Waals surface area (Å²) in [6, 6.07) is 0. The smallest absolute Gasteiger partial charge is 0.321 e. The Morgan fingerprint density at radius 3 is 1.15 bits per heavy atom. The van der Waals surface area contributed by atoms with Crippen LogP contribution in [0.4, 0.5) is 0 Å². The van der Waals surface area contributed by atoms with Gasteiger partial charge in [0.15, 0.2) is 10.8 Å². The lowest BCUT2D eigenvalue weighted by atomic mass is 9.55. The fourth-order valence-electron chi connectivity index (χ4n) is 4.83. The normalized spacial score (nSPS) is 21.6. The van der Waals surface area contributed by atoms with Gasteiger partial charge in [-0.25, -0.2) is 0 Å². The van der Waals surface area contributed by atoms with Crippen LogP contribution in [0.15, 0.2) is 0 Å². The minimum atomic E-state index is -2.07. The van der Waals surface area contributed by atoms with Crippen LogP contribution in [0, 0.1) is 34.5 Å². The lowest BCUT2D eigenvalue weighted by Gasteiger charge is -2.45. The van der Waals surface area contributed by atoms with E-state index >= 15 is 0 Å². The summed E-state index contributed by atoms with van der Waals surface area (Å²) in [5.74, 6) is -9.01. The predicted molar refractivity (Wildman–Crippen MR) is 90.5 cm³/mol. The van der Waals surface area contributed by atoms with E-state index in [0.29, 0.717) is 19.3 Å². The van der Waals surface area contributed by atoms with Crippen molar-refractivity contribution in [1.82, 2.24) is 0 Å². The van der Waals surface area contributed by atoms with Crippen LogP contribution in [0.3, 0.4) is 0 Å². The zero-order chi connectivity index (χ0) is 20.4. The van der Waals surface area contributed by atoms with Crippen LogP contribution in [-0.2, 0) is 19.2 Å². The molecule has 2 atom stereocenters. The van der Waals surface area contributed by atoms with Crippen LogP contribution < -0.4 is 0 Å². The predicted octanol–water partition coefficient (Wildman–Crippen LogP) is 2.42. The maximum atomic E-state index is 11.9. The first kappa shape index (κ1) is 21.9. The molecule has 1 aliphatic carbocycles. The molecule has 0 heterocycles. The molecule has 1 fully saturated rings. The molecule has 0 aliphatic heterocycles. The highest BCUT2D eigenvalue weighted by Crippen LogP contribution is 2.52. The van der Waals surface area contributed by atoms with E-state index in [0.717, 1.165) is 0 Å². The van der Waals surface area contributed by atoms with Crippen molar-refractivity contribution in [3.63, 3.8) is 0 Å². The fraction of sp³-hybridized carbons (Fsp3) is 0.778. The van der Waals surface area contributed by atoms with Crippen molar-refractivity contribution in [3.05, 3.63) is 0 Å². The fourth-order valence-corrected chi connectivity index (χ4v) is 4.83. The summed E-state index contributed by atoms with van der Waals surface area (Å²) >= 11 is 0. The Labute approximate surface area is 152 Å². The number of rotatable bonds is 8. The van der Waals surface area contributed by atoms with Crippen molar-refractivity contribution in [3.8, 4) is 0 Å². The van der Waals surface area contributed by atoms with Crippen LogP contribution >= 0.6 is 0 Å². The minimum absolute atomic E-state index is 0.0619. The van der Waals surface area contributed by atoms with Gasteiger partial charge in [-0.05, 0) is 42.9 Å². The molecular formula is C18H28O8. The molecule has 0 aromatic heterocycles. The Hall–Kier alpha value is -2.12. The summed E-state index contributed by atoms with van der Waals surface area (Å²) in [5.41, 5.74) is -4.14. The van der Waals surface area contributed by atoms with Gasteiger partial charge in [0.2, 0.25) is 0 Å². The maximum absolute atomic E-state index is 11.9. The molecule has 8 heteroatoms. The number of hydrogen-bond acceptors (Lipinski definition) is 4. The van der Waals surface area contributed by atoms with Gasteiger partial charge in [0.1, 0.15) is 0 Å². The highest BCUT2D eigenvalue weighted by molar-refractivity contribution is 6.00. The van der Waals surface area contributed by atoms with Gasteiger partial charge in [0, 0.05) is 0 Å². The average Bonchev–Trinajstić information content (AvgIpc) is 2.46. The van der Waals surface area contributed by atoms with Gasteiger partial charge < -0.3 is 20.4 Å². The molecule has 148 valence electrons. The molecular weight excluding hydrogens is 344 g/mol. The van der Waals surface area contributed by atoms with Crippen molar-refractivity contribution >= 4 is 23.9 Å². The van der Waals surface area contributed by atoms with Crippen molar-refractivity contribution in [2.45, 2.75) is 53.4 Å². The van der Waals surface area contributed by atoms with Crippen LogP contribution in [0.1, 0.15) is 53.4 Å². The standard InChI is InChI=1S/C18H28O8/c1-9(2)17(13(19)20,14(21)22)11-6-5-7-12(8-11)18(10(3)4,15(23)24)16(25)26/h9-12H,5-8H2,1-4H3,(H,19,20)(H,21,22)(H,23,24)(H,25,26). The molecule has 1 saturated carbocycles. The number of aliphatic carboxylic acids is 4. The molecule has 1 aliphatic rings. The first-order valence-corrected chi connectivity index (χ1v) is 8.81. The average molecular weight is 372 g/mol. The monoisotopic (exact) mass is 372 g/mol. The molecule has 0 radical (unpaired) electrons. The molecule has 0 bridgehead atoms. The third kappa shape index (κ3) is 3.05. The number of carboxylic acids is 4. The van der Waals surface area contributed by atoms with Crippen LogP contribution in [0.5, 0.6) is 0 Å². The van der Waals surface area contributed by atoms with Crippen molar-refractivity contribution in [2.75, 3.05) is 0 Å². The zero-order valence-corrected chi connectivity index (χ0v) is 15.6. The highest BCUT2D eigenvalue weighted by Gasteiger charge is 2.61. The van der Waals surface area contributed by atoms with Gasteiger partial charge in [-0.3, -0.25) is 19.2 Å². The van der Waals surface area contributed by atoms with E-state index in [1.54, 1.807) is 0 Å². The second-order valence-electron chi connectivity index (χ2n) is 7.83. The van der Waals surface area contributed by atoms with Gasteiger partial charge in [0.05, 0.1) is 0 Å². The second-order valence-corrected chi connectivity index (χ2v) is 7.83. The topological polar surface area (TPSA) is 149 Å². The molecule has 26 heavy (non-hydrogen) atoms. The second kappa shape index (κ2) is 7.63. The minimum Gasteiger partial charge on any atom is -0.480 e. The number of hydrogen-bond donors (Lipinski definition) is 4. The summed E-state index contributed by atoms with van der Waals surface area (Å²) in [5, 5.41) is 38.9. The molecule has 0 aromatic rings. The third-order valence-corrected chi connectivity index (χ3v) is 6.20. The lowest BCUT2D eigenvalue weighted by molar-refractivity contribution is -0.180. The van der Waals surface area contributed by atoms with E-state index in [9.17, 15) is 39.6 Å². The van der Waals surface area contributed by atoms with Crippen molar-refractivity contribution in [2.24, 2.45) is 34.5 Å². The Kier molecular flexibility index (Phi) is 6.44. The van der Waals surface area contributed by atoms with Gasteiger partial charge in [-0.2, -0.15) is 0 Å². The quantitative estimate of drug-likeness (QED) is 0.474. The van der Waals surface area contributed by atoms with E-state index in [1.807, 2.05) is 0 Å². The summed E-state index contributed by atoms with van der Waals surface area (Å²) < 4.78 is 0. The summed E-state index contributed by atoms with van der Waals surface area (Å²) in [4.78, 5) is 47.8. The first-order valence-electron chi connectivity index (χ1n) is 8.81. The van der Waals surface area contributed by atoms with E-state index in [-0.39, 0.29) is 6.42 Å². The van der Waals surface area contributed by atoms with Gasteiger partial charge in [-0.1, -0.05) is 34.1 Å². The van der Waals surface area contributed by atoms with Crippen molar-refractivity contribution < 1.29 is 39.6 Å². The maximum Gasteiger partial charge on any atom is 0.321 e. The van der Waals surface area contributed by atoms with Gasteiger partial charge in [0.25, 0.3) is 0 Å². The molecule has 4 N–H and O–H groups in total. The number of carboxylic acid groups (broad SMARTS) is 4. The molecule has 8 nitrogen and oxygen atoms in total. The summed E-state index contributed by atoms with van der Waals surface area (Å²) in [7, 11) is 0. The van der Waals surface area contributed by atoms with E-state index in [4.69, 9.17) is 0 Å². The Morgan fingerprint density at radius 1 is 0.692 bits per heavy atom. The molecule has 2 unspecified atom stereocenters. The molecule has 0 spiro atoms. The van der Waals surface area contributed by atoms with Crippen molar-refractivity contribution in [1.29, 1.82) is 0 Å². The van der Waals surface area contributed by atoms with E-state index < -0.39 is 58.4 Å². The third-order valence-electron chi connectivity index (χ3n) is 6.20. The SMILES string of the molecule is CC(C)C(C(=O)O)(C(=O)O)C1CCCC(C(C(=O)O)(C(=O)O)C(C)C)C1. The van der Waals surface area contributed by atoms with E-state index in [1.165, 1.54) is 27.7 Å². The highest BCUT2D eigenvalue weighted by atomic mass is 16.4. The van der Waals surface area contributed by atoms with Crippen LogP contribution in [0.25, 0.3) is 0 Å². The molecule has 0 amide bonds. The first-order chi connectivity index (χ1) is 11.9. The van der Waals surface area contributed by atoms with Gasteiger partial charge >= 0.3 is 23.9 Å². The lowest BCUT2D eigenvalue weighted by Crippen LogP contribution is -2.55. The number of carbonyl (C=O) groups is 4. The molecule has 0 saturated heterocycles. The Balaban J connectivity index is 3.46. The summed E-state index contributed by atoms with van der Waals surface area (Å²) in [6.45, 7) is 6.04. The Bertz CT molecular complexity index is 514. The zero-order valence-electron chi connectivity index (χ0n) is 15.6.